The molecule has 108 valence electrons. The fraction of sp³-hybridized carbons (Fsp3) is 0.333. The average Bonchev–Trinajstić information content (AvgIpc) is 2.72. The number of amides is 1. The summed E-state index contributed by atoms with van der Waals surface area (Å²) in [6, 6.07) is -0.150. The number of carbonyl (C=O) groups is 2. The minimum Gasteiger partial charge on any atom is -0.480 e. The van der Waals surface area contributed by atoms with E-state index in [0.29, 0.717) is 12.1 Å². The monoisotopic (exact) mass is 305 g/mol. The van der Waals surface area contributed by atoms with Gasteiger partial charge >= 0.3 is 5.97 Å². The summed E-state index contributed by atoms with van der Waals surface area (Å²) < 4.78 is 40.4. The Morgan fingerprint density at radius 2 is 1.85 bits per heavy atom. The highest BCUT2D eigenvalue weighted by molar-refractivity contribution is 7.99. The fourth-order valence-corrected chi connectivity index (χ4v) is 3.61. The maximum atomic E-state index is 13.7. The van der Waals surface area contributed by atoms with Crippen LogP contribution in [0.2, 0.25) is 0 Å². The van der Waals surface area contributed by atoms with Gasteiger partial charge in [-0.15, -0.1) is 11.8 Å². The summed E-state index contributed by atoms with van der Waals surface area (Å²) in [5.41, 5.74) is -0.504. The van der Waals surface area contributed by atoms with Crippen LogP contribution in [0.1, 0.15) is 17.9 Å². The van der Waals surface area contributed by atoms with Crippen LogP contribution in [0.25, 0.3) is 0 Å². The summed E-state index contributed by atoms with van der Waals surface area (Å²) >= 11 is 0.924. The predicted octanol–water partition coefficient (Wildman–Crippen LogP) is 2.15. The number of halogens is 3. The number of nitrogens with zero attached hydrogens (tertiary/aromatic N) is 1. The van der Waals surface area contributed by atoms with E-state index >= 15 is 0 Å². The summed E-state index contributed by atoms with van der Waals surface area (Å²) in [5, 5.41) is 7.91. The van der Waals surface area contributed by atoms with Crippen LogP contribution < -0.4 is 0 Å². The molecule has 1 fully saturated rings. The van der Waals surface area contributed by atoms with Gasteiger partial charge in [-0.05, 0) is 0 Å². The van der Waals surface area contributed by atoms with Crippen LogP contribution >= 0.6 is 11.8 Å². The molecule has 1 saturated heterocycles. The molecular formula is C12H10F3NO3S. The highest BCUT2D eigenvalue weighted by Crippen LogP contribution is 2.43. The molecule has 2 rings (SSSR count). The van der Waals surface area contributed by atoms with Gasteiger partial charge in [0.2, 0.25) is 5.91 Å². The van der Waals surface area contributed by atoms with Crippen molar-refractivity contribution in [1.82, 2.24) is 4.90 Å². The quantitative estimate of drug-likeness (QED) is 0.909. The van der Waals surface area contributed by atoms with Crippen molar-refractivity contribution >= 4 is 23.6 Å². The van der Waals surface area contributed by atoms with E-state index in [1.54, 1.807) is 0 Å². The van der Waals surface area contributed by atoms with Gasteiger partial charge in [0.25, 0.3) is 0 Å². The number of hydrogen-bond acceptors (Lipinski definition) is 3. The van der Waals surface area contributed by atoms with Gasteiger partial charge in [0, 0.05) is 24.8 Å². The Morgan fingerprint density at radius 1 is 1.30 bits per heavy atom. The van der Waals surface area contributed by atoms with Crippen LogP contribution in [0, 0.1) is 17.5 Å². The second-order valence-electron chi connectivity index (χ2n) is 4.25. The zero-order valence-corrected chi connectivity index (χ0v) is 11.1. The molecule has 1 aliphatic rings. The first-order valence-corrected chi connectivity index (χ1v) is 6.65. The smallest absolute Gasteiger partial charge is 0.327 e. The minimum absolute atomic E-state index is 0.00976. The number of carbonyl (C=O) groups excluding carboxylic acids is 1. The van der Waals surface area contributed by atoms with E-state index in [1.165, 1.54) is 0 Å². The molecule has 1 heterocycles. The number of thioether (sulfide) groups is 1. The fourth-order valence-electron chi connectivity index (χ4n) is 2.09. The van der Waals surface area contributed by atoms with Crippen molar-refractivity contribution in [2.75, 3.05) is 5.75 Å². The minimum atomic E-state index is -1.25. The molecule has 0 aliphatic carbocycles. The molecular weight excluding hydrogens is 295 g/mol. The van der Waals surface area contributed by atoms with Gasteiger partial charge in [0.1, 0.15) is 28.9 Å². The van der Waals surface area contributed by atoms with Crippen LogP contribution in [0.15, 0.2) is 12.1 Å². The number of benzene rings is 1. The maximum absolute atomic E-state index is 13.7. The Bertz CT molecular complexity index is 558. The highest BCUT2D eigenvalue weighted by atomic mass is 32.2. The topological polar surface area (TPSA) is 57.6 Å². The van der Waals surface area contributed by atoms with Gasteiger partial charge in [-0.1, -0.05) is 0 Å². The lowest BCUT2D eigenvalue weighted by Gasteiger charge is -2.26. The molecule has 0 radical (unpaired) electrons. The van der Waals surface area contributed by atoms with Gasteiger partial charge in [0.05, 0.1) is 5.56 Å². The molecule has 1 amide bonds. The molecule has 0 bridgehead atoms. The number of rotatable bonds is 2. The molecule has 4 nitrogen and oxygen atoms in total. The molecule has 8 heteroatoms. The second-order valence-corrected chi connectivity index (χ2v) is 5.36. The zero-order chi connectivity index (χ0) is 15.0. The molecule has 0 spiro atoms. The Labute approximate surface area is 116 Å². The summed E-state index contributed by atoms with van der Waals surface area (Å²) in [7, 11) is 0. The molecule has 1 N–H and O–H groups in total. The lowest BCUT2D eigenvalue weighted by Crippen LogP contribution is -2.42. The predicted molar refractivity (Wildman–Crippen MR) is 65.5 cm³/mol. The van der Waals surface area contributed by atoms with E-state index in [4.69, 9.17) is 5.11 Å². The third-order valence-electron chi connectivity index (χ3n) is 2.94. The molecule has 1 aromatic carbocycles. The first-order chi connectivity index (χ1) is 9.32. The number of hydrogen-bond donors (Lipinski definition) is 1. The third-order valence-corrected chi connectivity index (χ3v) is 4.23. The molecule has 1 aliphatic heterocycles. The Hall–Kier alpha value is -1.70. The van der Waals surface area contributed by atoms with Crippen molar-refractivity contribution in [1.29, 1.82) is 0 Å². The Morgan fingerprint density at radius 3 is 2.30 bits per heavy atom. The highest BCUT2D eigenvalue weighted by Gasteiger charge is 2.43. The van der Waals surface area contributed by atoms with E-state index < -0.39 is 46.3 Å². The maximum Gasteiger partial charge on any atom is 0.327 e. The van der Waals surface area contributed by atoms with Crippen LogP contribution in [0.5, 0.6) is 0 Å². The molecule has 0 saturated carbocycles. The summed E-state index contributed by atoms with van der Waals surface area (Å²) in [4.78, 5) is 23.5. The van der Waals surface area contributed by atoms with Crippen LogP contribution in [-0.2, 0) is 9.59 Å². The Balaban J connectivity index is 2.47. The molecule has 2 atom stereocenters. The van der Waals surface area contributed by atoms with Gasteiger partial charge in [0.15, 0.2) is 0 Å². The van der Waals surface area contributed by atoms with Gasteiger partial charge < -0.3 is 10.0 Å². The van der Waals surface area contributed by atoms with Crippen molar-refractivity contribution < 1.29 is 27.9 Å². The first-order valence-electron chi connectivity index (χ1n) is 5.60. The van der Waals surface area contributed by atoms with Crippen molar-refractivity contribution in [3.63, 3.8) is 0 Å². The largest absolute Gasteiger partial charge is 0.480 e. The molecule has 0 unspecified atom stereocenters. The van der Waals surface area contributed by atoms with Crippen molar-refractivity contribution in [3.05, 3.63) is 35.1 Å². The van der Waals surface area contributed by atoms with Gasteiger partial charge in [-0.2, -0.15) is 0 Å². The van der Waals surface area contributed by atoms with E-state index in [2.05, 4.69) is 0 Å². The standard InChI is InChI=1S/C12H10F3NO3S/c1-5(17)16-9(12(18)19)4-20-11(16)10-7(14)2-6(13)3-8(10)15/h2-3,9,11H,4H2,1H3,(H,18,19)/t9-,11-/m1/s1. The van der Waals surface area contributed by atoms with Crippen molar-refractivity contribution in [2.24, 2.45) is 0 Å². The second kappa shape index (κ2) is 5.35. The van der Waals surface area contributed by atoms with E-state index in [0.717, 1.165) is 23.6 Å². The number of carboxylic acids is 1. The number of aliphatic carboxylic acids is 1. The summed E-state index contributed by atoms with van der Waals surface area (Å²) in [5.74, 6) is -5.21. The normalized spacial score (nSPS) is 22.1. The van der Waals surface area contributed by atoms with E-state index in [-0.39, 0.29) is 5.75 Å². The first kappa shape index (κ1) is 14.7. The van der Waals surface area contributed by atoms with E-state index in [9.17, 15) is 22.8 Å². The van der Waals surface area contributed by atoms with E-state index in [1.807, 2.05) is 0 Å². The third kappa shape index (κ3) is 2.47. The van der Waals surface area contributed by atoms with Crippen molar-refractivity contribution in [2.45, 2.75) is 18.3 Å². The van der Waals surface area contributed by atoms with Crippen LogP contribution in [0.4, 0.5) is 13.2 Å². The molecule has 20 heavy (non-hydrogen) atoms. The zero-order valence-electron chi connectivity index (χ0n) is 10.3. The SMILES string of the molecule is CC(=O)N1[C@@H](C(=O)O)CS[C@@H]1c1c(F)cc(F)cc1F. The van der Waals surface area contributed by atoms with Crippen molar-refractivity contribution in [3.8, 4) is 0 Å². The van der Waals surface area contributed by atoms with Crippen LogP contribution in [-0.4, -0.2) is 33.7 Å². The molecule has 0 aromatic heterocycles. The van der Waals surface area contributed by atoms with Crippen LogP contribution in [0.3, 0.4) is 0 Å². The average molecular weight is 305 g/mol. The van der Waals surface area contributed by atoms with Gasteiger partial charge in [-0.25, -0.2) is 18.0 Å². The number of carboxylic acid groups (broad SMARTS) is 1. The molecule has 1 aromatic rings. The Kier molecular flexibility index (Phi) is 3.94. The lowest BCUT2D eigenvalue weighted by molar-refractivity contribution is -0.148. The summed E-state index contributed by atoms with van der Waals surface area (Å²) in [6.45, 7) is 1.12. The lowest BCUT2D eigenvalue weighted by atomic mass is 10.1. The summed E-state index contributed by atoms with van der Waals surface area (Å²) in [6.07, 6.45) is 0. The van der Waals surface area contributed by atoms with Gasteiger partial charge in [-0.3, -0.25) is 4.79 Å².